The molecule has 0 fully saturated rings. The normalized spacial score (nSPS) is 11.9. The lowest BCUT2D eigenvalue weighted by molar-refractivity contribution is -0.138. The van der Waals surface area contributed by atoms with Crippen molar-refractivity contribution in [2.45, 2.75) is 13.8 Å². The average Bonchev–Trinajstić information content (AvgIpc) is 2.67. The van der Waals surface area contributed by atoms with Gasteiger partial charge in [0.05, 0.1) is 13.2 Å². The lowest BCUT2D eigenvalue weighted by Gasteiger charge is -2.16. The van der Waals surface area contributed by atoms with E-state index in [0.29, 0.717) is 0 Å². The standard InChI is InChI=1S/C22H22F2N2O4/c1-3-29-19(27)11-17(25)21-13(7-5-9-15(21)23)14-8-6-10-16(24)22(14)18(26)12-20(28)30-4-2/h5-12H,3-4,25-26H2,1-2H3/b17-11-,18-12-. The molecule has 0 aliphatic rings. The highest BCUT2D eigenvalue weighted by molar-refractivity contribution is 5.97. The van der Waals surface area contributed by atoms with Crippen LogP contribution in [0.5, 0.6) is 0 Å². The molecule has 6 nitrogen and oxygen atoms in total. The van der Waals surface area contributed by atoms with Gasteiger partial charge in [-0.15, -0.1) is 0 Å². The van der Waals surface area contributed by atoms with Crippen molar-refractivity contribution < 1.29 is 27.8 Å². The van der Waals surface area contributed by atoms with Crippen molar-refractivity contribution in [2.75, 3.05) is 13.2 Å². The number of esters is 2. The van der Waals surface area contributed by atoms with E-state index >= 15 is 0 Å². The van der Waals surface area contributed by atoms with Gasteiger partial charge >= 0.3 is 11.9 Å². The van der Waals surface area contributed by atoms with Gasteiger partial charge in [-0.2, -0.15) is 0 Å². The molecular weight excluding hydrogens is 394 g/mol. The predicted molar refractivity (Wildman–Crippen MR) is 109 cm³/mol. The topological polar surface area (TPSA) is 105 Å². The van der Waals surface area contributed by atoms with Crippen LogP contribution in [0.25, 0.3) is 22.5 Å². The third-order valence-corrected chi connectivity index (χ3v) is 4.01. The maximum atomic E-state index is 14.7. The summed E-state index contributed by atoms with van der Waals surface area (Å²) < 4.78 is 39.0. The molecule has 0 aliphatic heterocycles. The number of ether oxygens (including phenoxy) is 2. The zero-order valence-corrected chi connectivity index (χ0v) is 16.6. The molecule has 0 unspecified atom stereocenters. The van der Waals surface area contributed by atoms with Gasteiger partial charge in [0.15, 0.2) is 0 Å². The number of hydrogen-bond donors (Lipinski definition) is 2. The molecule has 2 aromatic rings. The van der Waals surface area contributed by atoms with Crippen LogP contribution in [0.2, 0.25) is 0 Å². The monoisotopic (exact) mass is 416 g/mol. The quantitative estimate of drug-likeness (QED) is 0.530. The first kappa shape index (κ1) is 22.6. The second-order valence-corrected chi connectivity index (χ2v) is 6.03. The average molecular weight is 416 g/mol. The van der Waals surface area contributed by atoms with Crippen molar-refractivity contribution in [1.29, 1.82) is 0 Å². The molecule has 0 heterocycles. The van der Waals surface area contributed by atoms with Crippen molar-refractivity contribution in [3.05, 3.63) is 71.3 Å². The molecule has 4 N–H and O–H groups in total. The third-order valence-electron chi connectivity index (χ3n) is 4.01. The Balaban J connectivity index is 2.70. The molecule has 0 aliphatic carbocycles. The van der Waals surface area contributed by atoms with Crippen molar-refractivity contribution in [3.8, 4) is 11.1 Å². The summed E-state index contributed by atoms with van der Waals surface area (Å²) in [7, 11) is 0. The molecule has 0 saturated heterocycles. The molecule has 30 heavy (non-hydrogen) atoms. The number of rotatable bonds is 7. The van der Waals surface area contributed by atoms with Gasteiger partial charge in [-0.25, -0.2) is 18.4 Å². The summed E-state index contributed by atoms with van der Waals surface area (Å²) in [6.07, 6.45) is 1.89. The molecule has 0 spiro atoms. The smallest absolute Gasteiger partial charge is 0.332 e. The van der Waals surface area contributed by atoms with Crippen molar-refractivity contribution in [3.63, 3.8) is 0 Å². The first-order valence-corrected chi connectivity index (χ1v) is 9.16. The predicted octanol–water partition coefficient (Wildman–Crippen LogP) is 3.36. The number of carbonyl (C=O) groups is 2. The summed E-state index contributed by atoms with van der Waals surface area (Å²) in [6, 6.07) is 8.13. The first-order chi connectivity index (χ1) is 14.3. The van der Waals surface area contributed by atoms with E-state index in [1.165, 1.54) is 24.3 Å². The van der Waals surface area contributed by atoms with Crippen molar-refractivity contribution in [2.24, 2.45) is 11.5 Å². The van der Waals surface area contributed by atoms with Crippen LogP contribution in [0.15, 0.2) is 48.6 Å². The molecule has 8 heteroatoms. The molecule has 158 valence electrons. The molecule has 0 amide bonds. The fourth-order valence-electron chi connectivity index (χ4n) is 2.85. The second-order valence-electron chi connectivity index (χ2n) is 6.03. The second kappa shape index (κ2) is 10.2. The lowest BCUT2D eigenvalue weighted by Crippen LogP contribution is -2.10. The summed E-state index contributed by atoms with van der Waals surface area (Å²) >= 11 is 0. The van der Waals surface area contributed by atoms with Gasteiger partial charge in [-0.1, -0.05) is 24.3 Å². The number of carbonyl (C=O) groups excluding carboxylic acids is 2. The summed E-state index contributed by atoms with van der Waals surface area (Å²) in [5.74, 6) is -2.95. The van der Waals surface area contributed by atoms with E-state index in [9.17, 15) is 18.4 Å². The van der Waals surface area contributed by atoms with E-state index < -0.39 is 23.6 Å². The van der Waals surface area contributed by atoms with Crippen LogP contribution in [0.4, 0.5) is 8.78 Å². The van der Waals surface area contributed by atoms with Gasteiger partial charge < -0.3 is 20.9 Å². The van der Waals surface area contributed by atoms with E-state index in [4.69, 9.17) is 20.9 Å². The van der Waals surface area contributed by atoms with Crippen LogP contribution in [0, 0.1) is 11.6 Å². The van der Waals surface area contributed by atoms with Crippen LogP contribution in [-0.4, -0.2) is 25.2 Å². The third kappa shape index (κ3) is 5.22. The van der Waals surface area contributed by atoms with Crippen molar-refractivity contribution >= 4 is 23.3 Å². The van der Waals surface area contributed by atoms with Gasteiger partial charge in [0.25, 0.3) is 0 Å². The molecule has 0 atom stereocenters. The zero-order chi connectivity index (χ0) is 22.3. The molecule has 2 rings (SSSR count). The van der Waals surface area contributed by atoms with Gasteiger partial charge in [-0.3, -0.25) is 0 Å². The van der Waals surface area contributed by atoms with E-state index in [2.05, 4.69) is 0 Å². The fourth-order valence-corrected chi connectivity index (χ4v) is 2.85. The minimum atomic E-state index is -0.745. The lowest BCUT2D eigenvalue weighted by atomic mass is 9.92. The maximum absolute atomic E-state index is 14.7. The van der Waals surface area contributed by atoms with Gasteiger partial charge in [0.2, 0.25) is 0 Å². The Morgan fingerprint density at radius 3 is 1.50 bits per heavy atom. The number of hydrogen-bond acceptors (Lipinski definition) is 6. The molecule has 0 aromatic heterocycles. The molecule has 0 radical (unpaired) electrons. The largest absolute Gasteiger partial charge is 0.463 e. The minimum Gasteiger partial charge on any atom is -0.463 e. The van der Waals surface area contributed by atoms with E-state index in [0.717, 1.165) is 24.3 Å². The Morgan fingerprint density at radius 2 is 1.17 bits per heavy atom. The zero-order valence-electron chi connectivity index (χ0n) is 16.6. The van der Waals surface area contributed by atoms with Gasteiger partial charge in [0.1, 0.15) is 11.6 Å². The van der Waals surface area contributed by atoms with Gasteiger partial charge in [0, 0.05) is 34.7 Å². The Bertz CT molecular complexity index is 935. The summed E-state index contributed by atoms with van der Waals surface area (Å²) in [5.41, 5.74) is 11.6. The highest BCUT2D eigenvalue weighted by Gasteiger charge is 2.20. The Kier molecular flexibility index (Phi) is 7.69. The highest BCUT2D eigenvalue weighted by atomic mass is 19.1. The Hall–Kier alpha value is -3.68. The molecule has 2 aromatic carbocycles. The number of nitrogens with two attached hydrogens (primary N) is 2. The Morgan fingerprint density at radius 1 is 0.800 bits per heavy atom. The van der Waals surface area contributed by atoms with Crippen LogP contribution < -0.4 is 11.5 Å². The highest BCUT2D eigenvalue weighted by Crippen LogP contribution is 2.34. The van der Waals surface area contributed by atoms with E-state index in [1.807, 2.05) is 0 Å². The first-order valence-electron chi connectivity index (χ1n) is 9.16. The molecular formula is C22H22F2N2O4. The summed E-state index contributed by atoms with van der Waals surface area (Å²) in [4.78, 5) is 23.5. The maximum Gasteiger partial charge on any atom is 0.332 e. The van der Waals surface area contributed by atoms with E-state index in [1.54, 1.807) is 13.8 Å². The van der Waals surface area contributed by atoms with Crippen LogP contribution in [0.1, 0.15) is 25.0 Å². The molecule has 0 bridgehead atoms. The fraction of sp³-hybridized carbons (Fsp3) is 0.182. The summed E-state index contributed by atoms with van der Waals surface area (Å²) in [6.45, 7) is 3.48. The van der Waals surface area contributed by atoms with Crippen LogP contribution >= 0.6 is 0 Å². The Labute approximate surface area is 172 Å². The van der Waals surface area contributed by atoms with Crippen LogP contribution in [-0.2, 0) is 19.1 Å². The number of halogens is 2. The number of benzene rings is 2. The van der Waals surface area contributed by atoms with Gasteiger partial charge in [-0.05, 0) is 37.1 Å². The minimum absolute atomic E-state index is 0.121. The molecule has 0 saturated carbocycles. The summed E-state index contributed by atoms with van der Waals surface area (Å²) in [5, 5.41) is 0. The van der Waals surface area contributed by atoms with E-state index in [-0.39, 0.29) is 46.9 Å². The SMILES string of the molecule is CCOC(=O)/C=C(\N)c1c(F)cccc1-c1cccc(F)c1/C(N)=C/C(=O)OCC. The van der Waals surface area contributed by atoms with Crippen LogP contribution in [0.3, 0.4) is 0 Å². The van der Waals surface area contributed by atoms with Crippen molar-refractivity contribution in [1.82, 2.24) is 0 Å².